The zero-order chi connectivity index (χ0) is 21.4. The summed E-state index contributed by atoms with van der Waals surface area (Å²) in [4.78, 5) is 4.60. The molecule has 2 heterocycles. The number of ether oxygens (including phenoxy) is 3. The van der Waals surface area contributed by atoms with Crippen molar-refractivity contribution < 1.29 is 27.0 Å². The molecule has 1 aromatic heterocycles. The quantitative estimate of drug-likeness (QED) is 0.477. The van der Waals surface area contributed by atoms with Crippen molar-refractivity contribution in [1.29, 1.82) is 0 Å². The minimum Gasteiger partial charge on any atom is -0.493 e. The summed E-state index contributed by atoms with van der Waals surface area (Å²) in [6.07, 6.45) is 0. The molecule has 0 unspecified atom stereocenters. The highest BCUT2D eigenvalue weighted by Gasteiger charge is 2.23. The van der Waals surface area contributed by atoms with Gasteiger partial charge in [0.25, 0.3) is 0 Å². The van der Waals surface area contributed by atoms with Crippen molar-refractivity contribution in [3.63, 3.8) is 0 Å². The van der Waals surface area contributed by atoms with Crippen molar-refractivity contribution in [2.45, 2.75) is 9.79 Å². The fourth-order valence-electron chi connectivity index (χ4n) is 3.34. The third-order valence-corrected chi connectivity index (χ3v) is 6.62. The number of para-hydroxylation sites is 1. The predicted molar refractivity (Wildman–Crippen MR) is 112 cm³/mol. The second kappa shape index (κ2) is 7.48. The van der Waals surface area contributed by atoms with Crippen LogP contribution in [0.15, 0.2) is 92.0 Å². The SMILES string of the molecule is COc1cccc2cc(S(=O)(=O)c3ccccc3)c(=Nc3ccc4c(c3)OCO4)oc12. The first kappa shape index (κ1) is 19.2. The van der Waals surface area contributed by atoms with Crippen LogP contribution < -0.4 is 19.8 Å². The Kier molecular flexibility index (Phi) is 4.63. The molecule has 5 rings (SSSR count). The number of benzene rings is 3. The molecule has 0 spiro atoms. The Balaban J connectivity index is 1.80. The number of hydrogen-bond acceptors (Lipinski definition) is 7. The van der Waals surface area contributed by atoms with Crippen molar-refractivity contribution in [3.8, 4) is 17.2 Å². The minimum atomic E-state index is -3.90. The first-order chi connectivity index (χ1) is 15.1. The number of methoxy groups -OCH3 is 1. The molecule has 4 aromatic rings. The van der Waals surface area contributed by atoms with E-state index in [4.69, 9.17) is 18.6 Å². The molecule has 0 radical (unpaired) electrons. The average molecular weight is 435 g/mol. The largest absolute Gasteiger partial charge is 0.493 e. The number of hydrogen-bond donors (Lipinski definition) is 0. The summed E-state index contributed by atoms with van der Waals surface area (Å²) in [7, 11) is -2.38. The maximum atomic E-state index is 13.4. The lowest BCUT2D eigenvalue weighted by Crippen LogP contribution is -2.16. The van der Waals surface area contributed by atoms with E-state index in [1.807, 2.05) is 0 Å². The smallest absolute Gasteiger partial charge is 0.239 e. The van der Waals surface area contributed by atoms with E-state index in [1.54, 1.807) is 60.7 Å². The third-order valence-electron chi connectivity index (χ3n) is 4.86. The number of sulfone groups is 1. The number of rotatable bonds is 4. The van der Waals surface area contributed by atoms with Crippen LogP contribution in [0, 0.1) is 0 Å². The van der Waals surface area contributed by atoms with Gasteiger partial charge in [-0.1, -0.05) is 30.3 Å². The molecule has 0 aliphatic carbocycles. The zero-order valence-corrected chi connectivity index (χ0v) is 17.3. The van der Waals surface area contributed by atoms with Gasteiger partial charge >= 0.3 is 0 Å². The van der Waals surface area contributed by atoms with Gasteiger partial charge in [0.05, 0.1) is 17.7 Å². The van der Waals surface area contributed by atoms with Crippen molar-refractivity contribution in [1.82, 2.24) is 0 Å². The van der Waals surface area contributed by atoms with Crippen LogP contribution >= 0.6 is 0 Å². The lowest BCUT2D eigenvalue weighted by atomic mass is 10.2. The van der Waals surface area contributed by atoms with Gasteiger partial charge in [-0.2, -0.15) is 0 Å². The van der Waals surface area contributed by atoms with Crippen molar-refractivity contribution in [2.24, 2.45) is 4.99 Å². The molecule has 1 aliphatic heterocycles. The highest BCUT2D eigenvalue weighted by molar-refractivity contribution is 7.91. The molecule has 0 saturated carbocycles. The Morgan fingerprint density at radius 2 is 1.71 bits per heavy atom. The molecule has 3 aromatic carbocycles. The summed E-state index contributed by atoms with van der Waals surface area (Å²) < 4.78 is 49.0. The van der Waals surface area contributed by atoms with E-state index in [2.05, 4.69) is 4.99 Å². The molecule has 31 heavy (non-hydrogen) atoms. The fraction of sp³-hybridized carbons (Fsp3) is 0.0870. The Morgan fingerprint density at radius 3 is 2.52 bits per heavy atom. The van der Waals surface area contributed by atoms with Gasteiger partial charge < -0.3 is 18.6 Å². The molecule has 8 heteroatoms. The highest BCUT2D eigenvalue weighted by Crippen LogP contribution is 2.35. The molecule has 0 fully saturated rings. The first-order valence-corrected chi connectivity index (χ1v) is 10.9. The van der Waals surface area contributed by atoms with Crippen molar-refractivity contribution in [3.05, 3.63) is 78.4 Å². The molecular formula is C23H17NO6S. The van der Waals surface area contributed by atoms with Crippen LogP contribution in [0.2, 0.25) is 0 Å². The molecular weight excluding hydrogens is 418 g/mol. The van der Waals surface area contributed by atoms with Gasteiger partial charge in [0.15, 0.2) is 22.8 Å². The van der Waals surface area contributed by atoms with E-state index in [9.17, 15) is 8.42 Å². The molecule has 156 valence electrons. The summed E-state index contributed by atoms with van der Waals surface area (Å²) in [6, 6.07) is 20.1. The second-order valence-corrected chi connectivity index (χ2v) is 8.68. The topological polar surface area (TPSA) is 87.3 Å². The van der Waals surface area contributed by atoms with Crippen LogP contribution in [0.25, 0.3) is 11.0 Å². The van der Waals surface area contributed by atoms with Crippen LogP contribution in [-0.4, -0.2) is 22.3 Å². The summed E-state index contributed by atoms with van der Waals surface area (Å²) >= 11 is 0. The molecule has 1 aliphatic rings. The number of nitrogens with zero attached hydrogens (tertiary/aromatic N) is 1. The lowest BCUT2D eigenvalue weighted by Gasteiger charge is -2.09. The standard InChI is InChI=1S/C23H17NO6S/c1-27-19-9-5-6-15-12-21(31(25,26)17-7-3-2-4-8-17)23(30-22(15)19)24-16-10-11-18-20(13-16)29-14-28-18/h2-13H,14H2,1H3. The van der Waals surface area contributed by atoms with Gasteiger partial charge in [0.2, 0.25) is 22.2 Å². The maximum absolute atomic E-state index is 13.4. The Hall–Kier alpha value is -3.78. The normalized spacial score (nSPS) is 13.5. The van der Waals surface area contributed by atoms with Crippen LogP contribution in [0.1, 0.15) is 0 Å². The third kappa shape index (κ3) is 3.40. The molecule has 0 atom stereocenters. The maximum Gasteiger partial charge on any atom is 0.239 e. The highest BCUT2D eigenvalue weighted by atomic mass is 32.2. The van der Waals surface area contributed by atoms with E-state index >= 15 is 0 Å². The van der Waals surface area contributed by atoms with E-state index in [0.29, 0.717) is 33.9 Å². The number of fused-ring (bicyclic) bond motifs is 2. The summed E-state index contributed by atoms with van der Waals surface area (Å²) in [5, 5.41) is 0.582. The van der Waals surface area contributed by atoms with Crippen LogP contribution in [0.3, 0.4) is 0 Å². The summed E-state index contributed by atoms with van der Waals surface area (Å²) in [6.45, 7) is 0.129. The monoisotopic (exact) mass is 435 g/mol. The molecule has 0 N–H and O–H groups in total. The molecule has 7 nitrogen and oxygen atoms in total. The van der Waals surface area contributed by atoms with Crippen LogP contribution in [0.4, 0.5) is 5.69 Å². The average Bonchev–Trinajstić information content (AvgIpc) is 3.26. The van der Waals surface area contributed by atoms with Gasteiger partial charge in [-0.15, -0.1) is 0 Å². The zero-order valence-electron chi connectivity index (χ0n) is 16.4. The predicted octanol–water partition coefficient (Wildman–Crippen LogP) is 4.24. The molecule has 0 saturated heterocycles. The van der Waals surface area contributed by atoms with E-state index < -0.39 is 9.84 Å². The molecule has 0 bridgehead atoms. The van der Waals surface area contributed by atoms with Gasteiger partial charge in [0, 0.05) is 11.5 Å². The van der Waals surface area contributed by atoms with E-state index in [0.717, 1.165) is 0 Å². The Bertz CT molecular complexity index is 1460. The van der Waals surface area contributed by atoms with Crippen LogP contribution in [-0.2, 0) is 9.84 Å². The van der Waals surface area contributed by atoms with E-state index in [-0.39, 0.29) is 22.1 Å². The first-order valence-electron chi connectivity index (χ1n) is 9.42. The Labute approximate surface area is 178 Å². The van der Waals surface area contributed by atoms with Gasteiger partial charge in [-0.25, -0.2) is 13.4 Å². The van der Waals surface area contributed by atoms with Crippen molar-refractivity contribution in [2.75, 3.05) is 13.9 Å². The summed E-state index contributed by atoms with van der Waals surface area (Å²) in [5.74, 6) is 1.61. The Morgan fingerprint density at radius 1 is 0.903 bits per heavy atom. The van der Waals surface area contributed by atoms with Crippen LogP contribution in [0.5, 0.6) is 17.2 Å². The summed E-state index contributed by atoms with van der Waals surface area (Å²) in [5.41, 5.74) is 0.808. The van der Waals surface area contributed by atoms with E-state index in [1.165, 1.54) is 19.2 Å². The lowest BCUT2D eigenvalue weighted by molar-refractivity contribution is 0.174. The fourth-order valence-corrected chi connectivity index (χ4v) is 4.70. The van der Waals surface area contributed by atoms with Gasteiger partial charge in [0.1, 0.15) is 4.90 Å². The minimum absolute atomic E-state index is 0.0443. The molecule has 0 amide bonds. The van der Waals surface area contributed by atoms with Gasteiger partial charge in [-0.3, -0.25) is 0 Å². The second-order valence-electron chi connectivity index (χ2n) is 6.76. The van der Waals surface area contributed by atoms with Gasteiger partial charge in [-0.05, 0) is 36.4 Å². The van der Waals surface area contributed by atoms with Crippen molar-refractivity contribution >= 4 is 26.5 Å².